The van der Waals surface area contributed by atoms with Crippen LogP contribution < -0.4 is 0 Å². The second-order valence-corrected chi connectivity index (χ2v) is 6.28. The summed E-state index contributed by atoms with van der Waals surface area (Å²) in [6, 6.07) is 13.6. The molecule has 1 atom stereocenters. The fourth-order valence-electron chi connectivity index (χ4n) is 2.27. The zero-order chi connectivity index (χ0) is 14.1. The van der Waals surface area contributed by atoms with Crippen molar-refractivity contribution in [3.8, 4) is 0 Å². The number of halogens is 2. The molecule has 20 heavy (non-hydrogen) atoms. The molecule has 0 saturated carbocycles. The van der Waals surface area contributed by atoms with Gasteiger partial charge in [0.2, 0.25) is 0 Å². The summed E-state index contributed by atoms with van der Waals surface area (Å²) in [6.07, 6.45) is 2.85. The predicted octanol–water partition coefficient (Wildman–Crippen LogP) is 4.84. The van der Waals surface area contributed by atoms with E-state index in [1.54, 1.807) is 12.4 Å². The molecule has 1 unspecified atom stereocenters. The molecular formula is C16H11Br2NO. The van der Waals surface area contributed by atoms with E-state index in [0.29, 0.717) is 0 Å². The zero-order valence-corrected chi connectivity index (χ0v) is 13.6. The minimum atomic E-state index is -0.699. The second-order valence-electron chi connectivity index (χ2n) is 4.51. The normalized spacial score (nSPS) is 12.6. The highest BCUT2D eigenvalue weighted by atomic mass is 79.9. The maximum Gasteiger partial charge on any atom is 0.106 e. The molecule has 0 spiro atoms. The van der Waals surface area contributed by atoms with E-state index in [4.69, 9.17) is 0 Å². The van der Waals surface area contributed by atoms with Crippen molar-refractivity contribution < 1.29 is 5.11 Å². The molecule has 0 radical (unpaired) electrons. The lowest BCUT2D eigenvalue weighted by atomic mass is 9.97. The van der Waals surface area contributed by atoms with E-state index in [0.717, 1.165) is 30.8 Å². The van der Waals surface area contributed by atoms with Gasteiger partial charge in [0, 0.05) is 32.3 Å². The van der Waals surface area contributed by atoms with Crippen molar-refractivity contribution in [1.82, 2.24) is 4.98 Å². The van der Waals surface area contributed by atoms with Crippen LogP contribution in [0, 0.1) is 0 Å². The number of aromatic nitrogens is 1. The first-order valence-electron chi connectivity index (χ1n) is 6.12. The summed E-state index contributed by atoms with van der Waals surface area (Å²) in [6.45, 7) is 0. The van der Waals surface area contributed by atoms with Crippen LogP contribution in [0.2, 0.25) is 0 Å². The third kappa shape index (κ3) is 2.51. The average molecular weight is 393 g/mol. The van der Waals surface area contributed by atoms with Crippen LogP contribution in [0.15, 0.2) is 63.8 Å². The Morgan fingerprint density at radius 2 is 1.85 bits per heavy atom. The predicted molar refractivity (Wildman–Crippen MR) is 87.6 cm³/mol. The average Bonchev–Trinajstić information content (AvgIpc) is 2.48. The largest absolute Gasteiger partial charge is 0.384 e. The monoisotopic (exact) mass is 391 g/mol. The van der Waals surface area contributed by atoms with Crippen molar-refractivity contribution in [2.24, 2.45) is 0 Å². The van der Waals surface area contributed by atoms with Crippen molar-refractivity contribution in [2.75, 3.05) is 0 Å². The standard InChI is InChI=1S/C16H11Br2NO/c17-11-4-5-15(18)13(8-11)16(20)12-3-1-2-10-6-7-19-9-14(10)12/h1-9,16,20H. The van der Waals surface area contributed by atoms with Gasteiger partial charge in [-0.05, 0) is 35.2 Å². The van der Waals surface area contributed by atoms with Crippen LogP contribution in [0.25, 0.3) is 10.8 Å². The Morgan fingerprint density at radius 1 is 1.00 bits per heavy atom. The molecule has 4 heteroatoms. The minimum Gasteiger partial charge on any atom is -0.384 e. The first-order chi connectivity index (χ1) is 9.66. The summed E-state index contributed by atoms with van der Waals surface area (Å²) in [5.74, 6) is 0. The highest BCUT2D eigenvalue weighted by molar-refractivity contribution is 9.11. The first-order valence-corrected chi connectivity index (χ1v) is 7.71. The Balaban J connectivity index is 2.17. The second kappa shape index (κ2) is 5.64. The van der Waals surface area contributed by atoms with Crippen LogP contribution in [-0.4, -0.2) is 10.1 Å². The van der Waals surface area contributed by atoms with E-state index in [-0.39, 0.29) is 0 Å². The molecule has 100 valence electrons. The van der Waals surface area contributed by atoms with Crippen molar-refractivity contribution in [1.29, 1.82) is 0 Å². The lowest BCUT2D eigenvalue weighted by Crippen LogP contribution is -2.02. The van der Waals surface area contributed by atoms with Crippen LogP contribution in [0.5, 0.6) is 0 Å². The number of rotatable bonds is 2. The Kier molecular flexibility index (Phi) is 3.87. The molecule has 0 saturated heterocycles. The Labute approximate surface area is 133 Å². The summed E-state index contributed by atoms with van der Waals surface area (Å²) >= 11 is 6.94. The first kappa shape index (κ1) is 13.7. The van der Waals surface area contributed by atoms with Crippen molar-refractivity contribution in [3.05, 3.63) is 74.9 Å². The molecule has 0 amide bonds. The summed E-state index contributed by atoms with van der Waals surface area (Å²) in [5, 5.41) is 12.8. The van der Waals surface area contributed by atoms with Gasteiger partial charge in [0.15, 0.2) is 0 Å². The van der Waals surface area contributed by atoms with Crippen molar-refractivity contribution in [2.45, 2.75) is 6.10 Å². The van der Waals surface area contributed by atoms with E-state index in [9.17, 15) is 5.11 Å². The fraction of sp³-hybridized carbons (Fsp3) is 0.0625. The molecule has 0 aliphatic rings. The van der Waals surface area contributed by atoms with Crippen LogP contribution >= 0.6 is 31.9 Å². The molecule has 0 aliphatic carbocycles. The number of aliphatic hydroxyl groups is 1. The number of hydrogen-bond acceptors (Lipinski definition) is 2. The van der Waals surface area contributed by atoms with E-state index in [1.165, 1.54) is 0 Å². The van der Waals surface area contributed by atoms with Gasteiger partial charge in [-0.1, -0.05) is 50.1 Å². The third-order valence-corrected chi connectivity index (χ3v) is 4.48. The highest BCUT2D eigenvalue weighted by Crippen LogP contribution is 2.33. The van der Waals surface area contributed by atoms with Gasteiger partial charge in [-0.25, -0.2) is 0 Å². The highest BCUT2D eigenvalue weighted by Gasteiger charge is 2.16. The summed E-state index contributed by atoms with van der Waals surface area (Å²) in [5.41, 5.74) is 1.69. The molecule has 2 nitrogen and oxygen atoms in total. The SMILES string of the molecule is OC(c1cc(Br)ccc1Br)c1cccc2ccncc12. The van der Waals surface area contributed by atoms with Crippen LogP contribution in [0.3, 0.4) is 0 Å². The summed E-state index contributed by atoms with van der Waals surface area (Å²) < 4.78 is 1.82. The quantitative estimate of drug-likeness (QED) is 0.676. The number of aliphatic hydroxyl groups excluding tert-OH is 1. The van der Waals surface area contributed by atoms with Gasteiger partial charge < -0.3 is 5.11 Å². The maximum absolute atomic E-state index is 10.7. The van der Waals surface area contributed by atoms with Crippen LogP contribution in [0.4, 0.5) is 0 Å². The molecule has 3 aromatic rings. The molecule has 2 aromatic carbocycles. The Morgan fingerprint density at radius 3 is 2.70 bits per heavy atom. The van der Waals surface area contributed by atoms with E-state index < -0.39 is 6.10 Å². The van der Waals surface area contributed by atoms with Gasteiger partial charge in [0.25, 0.3) is 0 Å². The lowest BCUT2D eigenvalue weighted by molar-refractivity contribution is 0.221. The smallest absolute Gasteiger partial charge is 0.106 e. The Hall–Kier alpha value is -1.23. The van der Waals surface area contributed by atoms with E-state index >= 15 is 0 Å². The number of benzene rings is 2. The van der Waals surface area contributed by atoms with Crippen LogP contribution in [0.1, 0.15) is 17.2 Å². The van der Waals surface area contributed by atoms with E-state index in [2.05, 4.69) is 36.8 Å². The minimum absolute atomic E-state index is 0.699. The number of fused-ring (bicyclic) bond motifs is 1. The lowest BCUT2D eigenvalue weighted by Gasteiger charge is -2.16. The summed E-state index contributed by atoms with van der Waals surface area (Å²) in [4.78, 5) is 4.16. The van der Waals surface area contributed by atoms with Gasteiger partial charge in [-0.15, -0.1) is 0 Å². The van der Waals surface area contributed by atoms with Gasteiger partial charge in [0.05, 0.1) is 0 Å². The van der Waals surface area contributed by atoms with Gasteiger partial charge in [-0.3, -0.25) is 4.98 Å². The van der Waals surface area contributed by atoms with Crippen molar-refractivity contribution in [3.63, 3.8) is 0 Å². The molecule has 1 aromatic heterocycles. The fourth-order valence-corrected chi connectivity index (χ4v) is 3.11. The molecule has 0 fully saturated rings. The molecule has 0 bridgehead atoms. The number of pyridine rings is 1. The molecular weight excluding hydrogens is 382 g/mol. The molecule has 0 aliphatic heterocycles. The van der Waals surface area contributed by atoms with Crippen molar-refractivity contribution >= 4 is 42.6 Å². The van der Waals surface area contributed by atoms with Crippen LogP contribution in [-0.2, 0) is 0 Å². The zero-order valence-electron chi connectivity index (χ0n) is 10.4. The molecule has 1 N–H and O–H groups in total. The third-order valence-electron chi connectivity index (χ3n) is 3.26. The van der Waals surface area contributed by atoms with Gasteiger partial charge >= 0.3 is 0 Å². The number of hydrogen-bond donors (Lipinski definition) is 1. The molecule has 3 rings (SSSR count). The van der Waals surface area contributed by atoms with Gasteiger partial charge in [0.1, 0.15) is 6.10 Å². The molecule has 1 heterocycles. The van der Waals surface area contributed by atoms with Gasteiger partial charge in [-0.2, -0.15) is 0 Å². The summed E-state index contributed by atoms with van der Waals surface area (Å²) in [7, 11) is 0. The number of nitrogens with zero attached hydrogens (tertiary/aromatic N) is 1. The maximum atomic E-state index is 10.7. The topological polar surface area (TPSA) is 33.1 Å². The van der Waals surface area contributed by atoms with E-state index in [1.807, 2.05) is 42.5 Å². The Bertz CT molecular complexity index is 768.